The molecular weight excluding hydrogens is 558 g/mol. The highest BCUT2D eigenvalue weighted by Gasteiger charge is 2.47. The number of aryl methyl sites for hydroxylation is 1. The van der Waals surface area contributed by atoms with Crippen LogP contribution in [0.3, 0.4) is 0 Å². The molecule has 9 heteroatoms. The second-order valence-electron chi connectivity index (χ2n) is 13.9. The number of hydrogen-bond donors (Lipinski definition) is 1. The molecule has 5 aliphatic heterocycles. The molecule has 2 aromatic carbocycles. The summed E-state index contributed by atoms with van der Waals surface area (Å²) in [5.74, 6) is 0.192. The van der Waals surface area contributed by atoms with Crippen LogP contribution in [0.1, 0.15) is 56.7 Å². The van der Waals surface area contributed by atoms with E-state index in [0.29, 0.717) is 47.0 Å². The van der Waals surface area contributed by atoms with Crippen molar-refractivity contribution >= 4 is 27.5 Å². The topological polar surface area (TPSA) is 66.4 Å². The number of nitrogens with zero attached hydrogens (tertiary/aromatic N) is 5. The molecular formula is C35H38F2N6O. The Morgan fingerprint density at radius 1 is 1.02 bits per heavy atom. The largest absolute Gasteiger partial charge is 0.461 e. The lowest BCUT2D eigenvalue weighted by molar-refractivity contribution is 0.108. The van der Waals surface area contributed by atoms with Crippen LogP contribution in [-0.4, -0.2) is 69.8 Å². The van der Waals surface area contributed by atoms with Gasteiger partial charge in [0.05, 0.1) is 16.6 Å². The van der Waals surface area contributed by atoms with Gasteiger partial charge >= 0.3 is 6.01 Å². The molecule has 2 aromatic heterocycles. The van der Waals surface area contributed by atoms with Crippen LogP contribution >= 0.6 is 0 Å². The molecule has 7 nitrogen and oxygen atoms in total. The molecule has 4 atom stereocenters. The van der Waals surface area contributed by atoms with Gasteiger partial charge in [0.25, 0.3) is 0 Å². The Kier molecular flexibility index (Phi) is 5.99. The third-order valence-electron chi connectivity index (χ3n) is 11.4. The van der Waals surface area contributed by atoms with Crippen molar-refractivity contribution in [2.24, 2.45) is 5.92 Å². The minimum Gasteiger partial charge on any atom is -0.461 e. The lowest BCUT2D eigenvalue weighted by atomic mass is 9.89. The van der Waals surface area contributed by atoms with E-state index in [9.17, 15) is 4.39 Å². The summed E-state index contributed by atoms with van der Waals surface area (Å²) in [7, 11) is 0. The van der Waals surface area contributed by atoms with Crippen molar-refractivity contribution in [3.63, 3.8) is 0 Å². The third-order valence-corrected chi connectivity index (χ3v) is 11.4. The maximum Gasteiger partial charge on any atom is 0.319 e. The minimum absolute atomic E-state index is 0.0231. The van der Waals surface area contributed by atoms with Gasteiger partial charge in [0.15, 0.2) is 5.82 Å². The molecule has 1 N–H and O–H groups in total. The minimum atomic E-state index is -0.501. The van der Waals surface area contributed by atoms with E-state index >= 15 is 4.39 Å². The highest BCUT2D eigenvalue weighted by Crippen LogP contribution is 2.45. The average Bonchev–Trinajstić information content (AvgIpc) is 3.70. The number of aromatic nitrogens is 3. The molecule has 5 aliphatic rings. The molecule has 2 bridgehead atoms. The summed E-state index contributed by atoms with van der Waals surface area (Å²) < 4.78 is 38.4. The summed E-state index contributed by atoms with van der Waals surface area (Å²) in [5.41, 5.74) is 2.36. The second kappa shape index (κ2) is 9.78. The van der Waals surface area contributed by atoms with Gasteiger partial charge in [-0.05, 0) is 93.3 Å². The number of piperazine rings is 1. The van der Waals surface area contributed by atoms with E-state index in [2.05, 4.69) is 22.0 Å². The van der Waals surface area contributed by atoms with Gasteiger partial charge in [-0.25, -0.2) is 13.8 Å². The van der Waals surface area contributed by atoms with Crippen molar-refractivity contribution < 1.29 is 13.5 Å². The van der Waals surface area contributed by atoms with Gasteiger partial charge in [0.1, 0.15) is 29.5 Å². The van der Waals surface area contributed by atoms with Crippen LogP contribution in [0, 0.1) is 24.5 Å². The molecule has 228 valence electrons. The van der Waals surface area contributed by atoms with Gasteiger partial charge in [0, 0.05) is 30.2 Å². The molecule has 4 fully saturated rings. The fraction of sp³-hybridized carbons (Fsp3) is 0.514. The Hall–Kier alpha value is -3.43. The number of halogens is 2. The number of ether oxygens (including phenoxy) is 1. The summed E-state index contributed by atoms with van der Waals surface area (Å²) in [5, 5.41) is 6.06. The molecule has 4 aromatic rings. The quantitative estimate of drug-likeness (QED) is 0.313. The Labute approximate surface area is 256 Å². The van der Waals surface area contributed by atoms with Crippen LogP contribution in [0.25, 0.3) is 32.9 Å². The number of anilines is 1. The molecule has 9 rings (SSSR count). The summed E-state index contributed by atoms with van der Waals surface area (Å²) in [6.07, 6.45) is 7.50. The monoisotopic (exact) mass is 596 g/mol. The first-order chi connectivity index (χ1) is 21.4. The highest BCUT2D eigenvalue weighted by atomic mass is 19.1. The van der Waals surface area contributed by atoms with Gasteiger partial charge in [-0.15, -0.1) is 0 Å². The number of nitrogens with one attached hydrogen (secondary N) is 1. The summed E-state index contributed by atoms with van der Waals surface area (Å²) in [4.78, 5) is 19.9. The summed E-state index contributed by atoms with van der Waals surface area (Å²) in [6, 6.07) is 10.1. The fourth-order valence-electron chi connectivity index (χ4n) is 9.39. The standard InChI is InChI=1S/C35H38F2N6O/c1-19-16-26-28-31(29(37)30(39-26)23-7-3-6-21-8-10-24(36)20(2)27(21)23)40-34(44-18-35-12-4-14-42(35)15-5-13-35)41-33(28)43-17-22-9-11-25(38-22)32(19)43/h3,6-8,10,19,22,25,32,38H,4-5,9,11-18H2,1-2H3/t19-,22+,25-,32-/m0/s1. The van der Waals surface area contributed by atoms with E-state index in [1.165, 1.54) is 18.9 Å². The molecule has 7 heterocycles. The van der Waals surface area contributed by atoms with Crippen LogP contribution in [0.15, 0.2) is 30.3 Å². The number of fused-ring (bicyclic) bond motifs is 7. The Balaban J connectivity index is 1.25. The van der Waals surface area contributed by atoms with E-state index < -0.39 is 5.82 Å². The van der Waals surface area contributed by atoms with E-state index in [-0.39, 0.29) is 40.5 Å². The lowest BCUT2D eigenvalue weighted by Crippen LogP contribution is -2.60. The maximum absolute atomic E-state index is 17.0. The summed E-state index contributed by atoms with van der Waals surface area (Å²) in [6.45, 7) is 7.57. The first-order valence-electron chi connectivity index (χ1n) is 16.4. The third kappa shape index (κ3) is 3.87. The van der Waals surface area contributed by atoms with Crippen molar-refractivity contribution in [1.29, 1.82) is 0 Å². The zero-order valence-electron chi connectivity index (χ0n) is 25.4. The molecule has 0 aliphatic carbocycles. The SMILES string of the molecule is Cc1c(F)ccc2cccc(-c3nc4c5c(nc(OCC67CCCN6CCC7)nc5c3F)N3C[C@H]5CC[C@H](N5)[C@@H]3[C@@H](C)C4)c12. The first-order valence-corrected chi connectivity index (χ1v) is 16.4. The van der Waals surface area contributed by atoms with Crippen molar-refractivity contribution in [2.45, 2.75) is 82.5 Å². The predicted molar refractivity (Wildman–Crippen MR) is 167 cm³/mol. The molecule has 0 amide bonds. The predicted octanol–water partition coefficient (Wildman–Crippen LogP) is 5.94. The van der Waals surface area contributed by atoms with Gasteiger partial charge in [0.2, 0.25) is 0 Å². The van der Waals surface area contributed by atoms with Gasteiger partial charge in [-0.2, -0.15) is 9.97 Å². The zero-order chi connectivity index (χ0) is 29.7. The van der Waals surface area contributed by atoms with Crippen molar-refractivity contribution in [3.8, 4) is 17.3 Å². The highest BCUT2D eigenvalue weighted by molar-refractivity contribution is 6.01. The average molecular weight is 597 g/mol. The lowest BCUT2D eigenvalue weighted by Gasteiger charge is -2.43. The normalized spacial score (nSPS) is 27.1. The maximum atomic E-state index is 17.0. The van der Waals surface area contributed by atoms with Crippen LogP contribution in [0.2, 0.25) is 0 Å². The Bertz CT molecular complexity index is 1820. The van der Waals surface area contributed by atoms with Gasteiger partial charge < -0.3 is 15.0 Å². The molecule has 4 saturated heterocycles. The van der Waals surface area contributed by atoms with Crippen LogP contribution in [0.4, 0.5) is 14.6 Å². The van der Waals surface area contributed by atoms with Crippen molar-refractivity contribution in [3.05, 3.63) is 53.2 Å². The van der Waals surface area contributed by atoms with Crippen LogP contribution < -0.4 is 15.0 Å². The smallest absolute Gasteiger partial charge is 0.319 e. The molecule has 0 saturated carbocycles. The molecule has 0 unspecified atom stereocenters. The van der Waals surface area contributed by atoms with Crippen molar-refractivity contribution in [1.82, 2.24) is 25.2 Å². The van der Waals surface area contributed by atoms with E-state index in [0.717, 1.165) is 62.2 Å². The summed E-state index contributed by atoms with van der Waals surface area (Å²) >= 11 is 0. The van der Waals surface area contributed by atoms with Crippen LogP contribution in [-0.2, 0) is 6.42 Å². The number of benzene rings is 2. The van der Waals surface area contributed by atoms with E-state index in [1.54, 1.807) is 13.0 Å². The molecule has 0 radical (unpaired) electrons. The second-order valence-corrected chi connectivity index (χ2v) is 13.9. The Morgan fingerprint density at radius 2 is 1.86 bits per heavy atom. The molecule has 0 spiro atoms. The van der Waals surface area contributed by atoms with Crippen LogP contribution in [0.5, 0.6) is 6.01 Å². The Morgan fingerprint density at radius 3 is 2.70 bits per heavy atom. The molecule has 44 heavy (non-hydrogen) atoms. The number of rotatable bonds is 4. The van der Waals surface area contributed by atoms with Gasteiger partial charge in [-0.3, -0.25) is 4.90 Å². The number of pyridine rings is 1. The van der Waals surface area contributed by atoms with Crippen molar-refractivity contribution in [2.75, 3.05) is 31.1 Å². The zero-order valence-corrected chi connectivity index (χ0v) is 25.4. The van der Waals surface area contributed by atoms with E-state index in [4.69, 9.17) is 19.7 Å². The van der Waals surface area contributed by atoms with Gasteiger partial charge in [-0.1, -0.05) is 31.2 Å². The van der Waals surface area contributed by atoms with E-state index in [1.807, 2.05) is 18.2 Å². The number of hydrogen-bond acceptors (Lipinski definition) is 7. The first kappa shape index (κ1) is 26.9. The fourth-order valence-corrected chi connectivity index (χ4v) is 9.39.